The lowest BCUT2D eigenvalue weighted by Crippen LogP contribution is -2.64. The van der Waals surface area contributed by atoms with Crippen LogP contribution in [-0.4, -0.2) is 115 Å². The summed E-state index contributed by atoms with van der Waals surface area (Å²) < 4.78 is 5.58. The number of carboxylic acid groups (broad SMARTS) is 1. The summed E-state index contributed by atoms with van der Waals surface area (Å²) in [7, 11) is 0. The van der Waals surface area contributed by atoms with Crippen molar-refractivity contribution in [2.45, 2.75) is 111 Å². The maximum Gasteiger partial charge on any atom is 0.410 e. The number of rotatable bonds is 12. The average molecular weight is 703 g/mol. The molecule has 0 unspecified atom stereocenters. The Hall–Kier alpha value is -3.75. The lowest BCUT2D eigenvalue weighted by atomic mass is 9.97. The lowest BCUT2D eigenvalue weighted by molar-refractivity contribution is -0.132. The Labute approximate surface area is 294 Å². The van der Waals surface area contributed by atoms with Crippen molar-refractivity contribution < 1.29 is 34.1 Å². The molecule has 4 atom stereocenters. The monoisotopic (exact) mass is 702 g/mol. The van der Waals surface area contributed by atoms with Gasteiger partial charge in [-0.15, -0.1) is 11.3 Å². The molecule has 3 rings (SSSR count). The first-order valence-corrected chi connectivity index (χ1v) is 17.6. The maximum absolute atomic E-state index is 14.0. The summed E-state index contributed by atoms with van der Waals surface area (Å²) in [6.45, 7) is 16.9. The molecule has 0 saturated carbocycles. The normalized spacial score (nSPS) is 17.6. The van der Waals surface area contributed by atoms with Crippen molar-refractivity contribution in [3.05, 3.63) is 52.0 Å². The minimum atomic E-state index is -1.25. The molecule has 4 N–H and O–H groups in total. The highest BCUT2D eigenvalue weighted by molar-refractivity contribution is 7.09. The lowest BCUT2D eigenvalue weighted by Gasteiger charge is -2.43. The molecule has 13 nitrogen and oxygen atoms in total. The molecule has 2 heterocycles. The van der Waals surface area contributed by atoms with Crippen LogP contribution in [0.3, 0.4) is 0 Å². The third kappa shape index (κ3) is 12.3. The van der Waals surface area contributed by atoms with E-state index in [1.165, 1.54) is 16.2 Å². The van der Waals surface area contributed by atoms with E-state index in [1.54, 1.807) is 40.0 Å². The van der Waals surface area contributed by atoms with Crippen molar-refractivity contribution in [2.75, 3.05) is 26.2 Å². The number of piperazine rings is 1. The van der Waals surface area contributed by atoms with Crippen LogP contribution >= 0.6 is 11.3 Å². The number of nitrogens with one attached hydrogen (secondary N) is 2. The Morgan fingerprint density at radius 3 is 2.27 bits per heavy atom. The average Bonchev–Trinajstić information content (AvgIpc) is 3.39. The van der Waals surface area contributed by atoms with Crippen molar-refractivity contribution in [1.29, 1.82) is 0 Å². The predicted molar refractivity (Wildman–Crippen MR) is 188 cm³/mol. The number of aliphatic hydroxyl groups excluding tert-OH is 1. The van der Waals surface area contributed by atoms with Crippen LogP contribution in [0.15, 0.2) is 35.7 Å². The Morgan fingerprint density at radius 1 is 1.08 bits per heavy atom. The van der Waals surface area contributed by atoms with Gasteiger partial charge in [-0.1, -0.05) is 44.2 Å². The van der Waals surface area contributed by atoms with Crippen molar-refractivity contribution in [3.8, 4) is 0 Å². The molecule has 14 heteroatoms. The van der Waals surface area contributed by atoms with E-state index in [1.807, 2.05) is 62.9 Å². The van der Waals surface area contributed by atoms with Gasteiger partial charge in [0.1, 0.15) is 17.7 Å². The number of nitrogens with zero attached hydrogens (tertiary/aromatic N) is 4. The second-order valence-electron chi connectivity index (χ2n) is 15.0. The van der Waals surface area contributed by atoms with E-state index in [9.17, 15) is 29.4 Å². The van der Waals surface area contributed by atoms with Gasteiger partial charge in [0, 0.05) is 37.1 Å². The van der Waals surface area contributed by atoms with E-state index in [-0.39, 0.29) is 45.1 Å². The summed E-state index contributed by atoms with van der Waals surface area (Å²) in [6, 6.07) is 6.69. The summed E-state index contributed by atoms with van der Waals surface area (Å²) in [5.41, 5.74) is 0.158. The topological polar surface area (TPSA) is 165 Å². The van der Waals surface area contributed by atoms with E-state index in [4.69, 9.17) is 4.74 Å². The zero-order chi connectivity index (χ0) is 36.7. The second kappa shape index (κ2) is 16.8. The molecule has 0 bridgehead atoms. The molecule has 1 aromatic carbocycles. The first-order valence-electron chi connectivity index (χ1n) is 16.7. The number of aromatic nitrogens is 1. The van der Waals surface area contributed by atoms with E-state index < -0.39 is 59.4 Å². The molecular formula is C35H54N6O7S. The Balaban J connectivity index is 1.88. The van der Waals surface area contributed by atoms with E-state index in [2.05, 4.69) is 15.6 Å². The molecule has 2 aromatic rings. The van der Waals surface area contributed by atoms with Gasteiger partial charge in [-0.3, -0.25) is 19.4 Å². The summed E-state index contributed by atoms with van der Waals surface area (Å²) in [5, 5.41) is 30.5. The van der Waals surface area contributed by atoms with Gasteiger partial charge in [0.15, 0.2) is 0 Å². The zero-order valence-electron chi connectivity index (χ0n) is 30.2. The molecule has 0 aliphatic carbocycles. The molecule has 1 fully saturated rings. The first-order chi connectivity index (χ1) is 22.7. The largest absolute Gasteiger partial charge is 0.465 e. The van der Waals surface area contributed by atoms with Gasteiger partial charge in [0.2, 0.25) is 11.8 Å². The third-order valence-electron chi connectivity index (χ3n) is 7.94. The van der Waals surface area contributed by atoms with Crippen LogP contribution in [0.25, 0.3) is 0 Å². The van der Waals surface area contributed by atoms with E-state index in [0.717, 1.165) is 15.5 Å². The molecule has 4 amide bonds. The van der Waals surface area contributed by atoms with Crippen molar-refractivity contribution in [2.24, 2.45) is 5.92 Å². The SMILES string of the molecule is Cc1nc(CN(C(=O)O)[C@H](C(=O)N[C@@H](Cc2ccccc2)[C@H](O)CN2CCN(C(=O)OC(C)(C)C)C[C@H]2C(=O)NC(C)(C)C)C(C)C)cs1. The fourth-order valence-corrected chi connectivity index (χ4v) is 6.37. The van der Waals surface area contributed by atoms with Gasteiger partial charge in [0.25, 0.3) is 0 Å². The van der Waals surface area contributed by atoms with Crippen LogP contribution in [0, 0.1) is 12.8 Å². The van der Waals surface area contributed by atoms with Gasteiger partial charge >= 0.3 is 12.2 Å². The number of ether oxygens (including phenoxy) is 1. The van der Waals surface area contributed by atoms with Crippen molar-refractivity contribution >= 4 is 35.3 Å². The highest BCUT2D eigenvalue weighted by Gasteiger charge is 2.40. The summed E-state index contributed by atoms with van der Waals surface area (Å²) in [5.74, 6) is -1.23. The Morgan fingerprint density at radius 2 is 1.73 bits per heavy atom. The highest BCUT2D eigenvalue weighted by Crippen LogP contribution is 2.21. The molecule has 0 radical (unpaired) electrons. The summed E-state index contributed by atoms with van der Waals surface area (Å²) in [6.07, 6.45) is -2.68. The molecule has 1 aliphatic rings. The number of β-amino-alcohol motifs (C(OH)–C–C–N with tert-alkyl or cyclic N) is 1. The zero-order valence-corrected chi connectivity index (χ0v) is 31.0. The van der Waals surface area contributed by atoms with Crippen LogP contribution in [0.5, 0.6) is 0 Å². The van der Waals surface area contributed by atoms with Crippen LogP contribution in [0.4, 0.5) is 9.59 Å². The molecule has 272 valence electrons. The number of benzene rings is 1. The molecular weight excluding hydrogens is 648 g/mol. The van der Waals surface area contributed by atoms with Crippen LogP contribution in [0.1, 0.15) is 71.7 Å². The standard InChI is InChI=1S/C35H54N6O7S/c1-22(2)29(41(32(45)46)18-25-21-49-23(3)36-25)31(44)37-26(17-24-13-11-10-12-14-24)28(42)20-39-15-16-40(33(47)48-35(7,8)9)19-27(39)30(43)38-34(4,5)6/h10-14,21-22,26-29,42H,15-20H2,1-9H3,(H,37,44)(H,38,43)(H,45,46)/t26-,27-,28+,29-/m0/s1. The predicted octanol–water partition coefficient (Wildman–Crippen LogP) is 3.88. The number of amides is 4. The summed E-state index contributed by atoms with van der Waals surface area (Å²) >= 11 is 1.40. The number of hydrogen-bond acceptors (Lipinski definition) is 9. The van der Waals surface area contributed by atoms with Gasteiger partial charge < -0.3 is 30.5 Å². The molecule has 0 spiro atoms. The number of thiazole rings is 1. The van der Waals surface area contributed by atoms with Gasteiger partial charge in [-0.25, -0.2) is 14.6 Å². The van der Waals surface area contributed by atoms with E-state index >= 15 is 0 Å². The second-order valence-corrected chi connectivity index (χ2v) is 16.1. The van der Waals surface area contributed by atoms with Crippen molar-refractivity contribution in [1.82, 2.24) is 30.3 Å². The fourth-order valence-electron chi connectivity index (χ4n) is 5.76. The number of aryl methyl sites for hydroxylation is 1. The Bertz CT molecular complexity index is 1420. The van der Waals surface area contributed by atoms with Gasteiger partial charge in [0.05, 0.1) is 29.4 Å². The smallest absolute Gasteiger partial charge is 0.410 e. The number of hydrogen-bond donors (Lipinski definition) is 4. The molecule has 1 aliphatic heterocycles. The van der Waals surface area contributed by atoms with Crippen LogP contribution < -0.4 is 10.6 Å². The maximum atomic E-state index is 14.0. The van der Waals surface area contributed by atoms with Crippen LogP contribution in [-0.2, 0) is 27.3 Å². The first kappa shape index (κ1) is 39.7. The van der Waals surface area contributed by atoms with Gasteiger partial charge in [-0.2, -0.15) is 0 Å². The highest BCUT2D eigenvalue weighted by atomic mass is 32.1. The van der Waals surface area contributed by atoms with Gasteiger partial charge in [-0.05, 0) is 66.4 Å². The van der Waals surface area contributed by atoms with E-state index in [0.29, 0.717) is 5.69 Å². The number of carbonyl (C=O) groups is 4. The quantitative estimate of drug-likeness (QED) is 0.257. The fraction of sp³-hybridized carbons (Fsp3) is 0.629. The third-order valence-corrected chi connectivity index (χ3v) is 8.76. The molecule has 49 heavy (non-hydrogen) atoms. The number of carbonyl (C=O) groups excluding carboxylic acids is 3. The van der Waals surface area contributed by atoms with Crippen LogP contribution in [0.2, 0.25) is 0 Å². The number of aliphatic hydroxyl groups is 1. The minimum absolute atomic E-state index is 0.00919. The molecule has 1 aromatic heterocycles. The minimum Gasteiger partial charge on any atom is -0.465 e. The Kier molecular flexibility index (Phi) is 13.6. The molecule has 1 saturated heterocycles. The summed E-state index contributed by atoms with van der Waals surface area (Å²) in [4.78, 5) is 61.9. The van der Waals surface area contributed by atoms with Crippen molar-refractivity contribution in [3.63, 3.8) is 0 Å².